The number of hydrogen-bond acceptors (Lipinski definition) is 2. The second-order valence-electron chi connectivity index (χ2n) is 5.77. The molecule has 6 heteroatoms. The van der Waals surface area contributed by atoms with Crippen molar-refractivity contribution >= 4 is 41.5 Å². The molecule has 0 bridgehead atoms. The summed E-state index contributed by atoms with van der Waals surface area (Å²) in [5.41, 5.74) is 7.13. The van der Waals surface area contributed by atoms with Crippen LogP contribution in [0.3, 0.4) is 0 Å². The molecule has 1 atom stereocenters. The van der Waals surface area contributed by atoms with E-state index in [-0.39, 0.29) is 24.0 Å². The van der Waals surface area contributed by atoms with Gasteiger partial charge in [0.25, 0.3) is 0 Å². The van der Waals surface area contributed by atoms with E-state index in [1.54, 1.807) is 0 Å². The molecule has 1 aliphatic heterocycles. The Balaban J connectivity index is 0.00000264. The Morgan fingerprint density at radius 1 is 1.43 bits per heavy atom. The molecule has 0 spiro atoms. The summed E-state index contributed by atoms with van der Waals surface area (Å²) in [7, 11) is 0. The fourth-order valence-corrected chi connectivity index (χ4v) is 3.20. The molecule has 0 amide bonds. The van der Waals surface area contributed by atoms with E-state index in [1.807, 2.05) is 18.2 Å². The Bertz CT molecular complexity index is 495. The number of likely N-dealkylation sites (N-methyl/N-ethyl adjacent to an activating group) is 1. The maximum Gasteiger partial charge on any atom is 0.188 e. The largest absolute Gasteiger partial charge is 0.370 e. The van der Waals surface area contributed by atoms with Crippen LogP contribution in [0.15, 0.2) is 29.3 Å². The van der Waals surface area contributed by atoms with Crippen LogP contribution in [-0.4, -0.2) is 43.1 Å². The summed E-state index contributed by atoms with van der Waals surface area (Å²) in [4.78, 5) is 6.96. The number of nitrogens with two attached hydrogens (primary N) is 1. The number of nitrogens with one attached hydrogen (secondary N) is 1. The number of hydrogen-bond donors (Lipinski definition) is 2. The minimum Gasteiger partial charge on any atom is -0.370 e. The van der Waals surface area contributed by atoms with Crippen LogP contribution in [0.1, 0.15) is 31.7 Å². The number of benzene rings is 1. The van der Waals surface area contributed by atoms with Crippen LogP contribution in [0.5, 0.6) is 0 Å². The molecule has 3 N–H and O–H groups in total. The van der Waals surface area contributed by atoms with E-state index in [0.717, 1.165) is 37.5 Å². The average molecular weight is 451 g/mol. The second kappa shape index (κ2) is 11.1. The smallest absolute Gasteiger partial charge is 0.188 e. The number of halogens is 2. The van der Waals surface area contributed by atoms with Gasteiger partial charge in [-0.15, -0.1) is 24.0 Å². The Kier molecular flexibility index (Phi) is 9.90. The third-order valence-corrected chi connectivity index (χ3v) is 4.63. The third-order valence-electron chi connectivity index (χ3n) is 4.26. The molecule has 1 unspecified atom stereocenters. The van der Waals surface area contributed by atoms with Gasteiger partial charge in [-0.3, -0.25) is 9.89 Å². The molecule has 4 nitrogen and oxygen atoms in total. The van der Waals surface area contributed by atoms with E-state index >= 15 is 0 Å². The van der Waals surface area contributed by atoms with Crippen molar-refractivity contribution < 1.29 is 0 Å². The highest BCUT2D eigenvalue weighted by Gasteiger charge is 2.22. The topological polar surface area (TPSA) is 53.6 Å². The number of nitrogens with zero attached hydrogens (tertiary/aromatic N) is 2. The van der Waals surface area contributed by atoms with Gasteiger partial charge in [-0.25, -0.2) is 0 Å². The van der Waals surface area contributed by atoms with Crippen molar-refractivity contribution in [1.82, 2.24) is 10.2 Å². The molecule has 1 saturated heterocycles. The molecular formula is C17H28ClIN4. The zero-order valence-corrected chi connectivity index (χ0v) is 16.9. The van der Waals surface area contributed by atoms with Crippen LogP contribution in [0.4, 0.5) is 0 Å². The van der Waals surface area contributed by atoms with Crippen LogP contribution >= 0.6 is 35.6 Å². The first kappa shape index (κ1) is 20.5. The average Bonchev–Trinajstić information content (AvgIpc) is 2.98. The lowest BCUT2D eigenvalue weighted by atomic mass is 10.1. The Hall–Kier alpha value is -0.530. The molecule has 130 valence electrons. The first-order chi connectivity index (χ1) is 10.7. The van der Waals surface area contributed by atoms with Gasteiger partial charge in [-0.2, -0.15) is 0 Å². The van der Waals surface area contributed by atoms with Crippen LogP contribution in [0.2, 0.25) is 5.02 Å². The normalized spacial score (nSPS) is 18.7. The van der Waals surface area contributed by atoms with Crippen molar-refractivity contribution in [3.05, 3.63) is 34.9 Å². The zero-order chi connectivity index (χ0) is 15.8. The van der Waals surface area contributed by atoms with Crippen LogP contribution < -0.4 is 11.1 Å². The molecule has 1 aliphatic rings. The predicted octanol–water partition coefficient (Wildman–Crippen LogP) is 3.28. The van der Waals surface area contributed by atoms with E-state index in [4.69, 9.17) is 17.3 Å². The van der Waals surface area contributed by atoms with Crippen LogP contribution in [0, 0.1) is 0 Å². The Labute approximate surface area is 161 Å². The molecule has 0 radical (unpaired) electrons. The van der Waals surface area contributed by atoms with E-state index < -0.39 is 0 Å². The highest BCUT2D eigenvalue weighted by molar-refractivity contribution is 14.0. The molecule has 1 aromatic rings. The number of likely N-dealkylation sites (tertiary alicyclic amines) is 1. The summed E-state index contributed by atoms with van der Waals surface area (Å²) in [5.74, 6) is 0.558. The van der Waals surface area contributed by atoms with Crippen LogP contribution in [-0.2, 0) is 6.42 Å². The van der Waals surface area contributed by atoms with Gasteiger partial charge in [0.2, 0.25) is 0 Å². The molecule has 0 aromatic heterocycles. The SMILES string of the molecule is CCN1CCCC1CN=C(N)NCCCc1ccccc1Cl.I. The lowest BCUT2D eigenvalue weighted by Crippen LogP contribution is -2.36. The summed E-state index contributed by atoms with van der Waals surface area (Å²) < 4.78 is 0. The predicted molar refractivity (Wildman–Crippen MR) is 110 cm³/mol. The first-order valence-corrected chi connectivity index (χ1v) is 8.59. The van der Waals surface area contributed by atoms with E-state index in [1.165, 1.54) is 24.9 Å². The lowest BCUT2D eigenvalue weighted by Gasteiger charge is -2.20. The van der Waals surface area contributed by atoms with Crippen molar-refractivity contribution in [3.8, 4) is 0 Å². The lowest BCUT2D eigenvalue weighted by molar-refractivity contribution is 0.273. The fourth-order valence-electron chi connectivity index (χ4n) is 2.97. The van der Waals surface area contributed by atoms with Crippen molar-refractivity contribution in [2.24, 2.45) is 10.7 Å². The summed E-state index contributed by atoms with van der Waals surface area (Å²) in [6.07, 6.45) is 4.45. The zero-order valence-electron chi connectivity index (χ0n) is 13.8. The van der Waals surface area contributed by atoms with E-state index in [9.17, 15) is 0 Å². The molecular weight excluding hydrogens is 423 g/mol. The van der Waals surface area contributed by atoms with E-state index in [0.29, 0.717) is 12.0 Å². The number of rotatable bonds is 7. The highest BCUT2D eigenvalue weighted by Crippen LogP contribution is 2.17. The van der Waals surface area contributed by atoms with Crippen molar-refractivity contribution in [1.29, 1.82) is 0 Å². The van der Waals surface area contributed by atoms with Gasteiger partial charge >= 0.3 is 0 Å². The number of guanidine groups is 1. The van der Waals surface area contributed by atoms with Gasteiger partial charge in [0.1, 0.15) is 0 Å². The monoisotopic (exact) mass is 450 g/mol. The van der Waals surface area contributed by atoms with Crippen molar-refractivity contribution in [2.75, 3.05) is 26.2 Å². The summed E-state index contributed by atoms with van der Waals surface area (Å²) in [6.45, 7) is 6.13. The van der Waals surface area contributed by atoms with Crippen molar-refractivity contribution in [3.63, 3.8) is 0 Å². The summed E-state index contributed by atoms with van der Waals surface area (Å²) in [5, 5.41) is 4.03. The second-order valence-corrected chi connectivity index (χ2v) is 6.18. The standard InChI is InChI=1S/C17H27ClN4.HI/c1-2-22-12-6-9-15(22)13-21-17(19)20-11-5-8-14-7-3-4-10-16(14)18;/h3-4,7,10,15H,2,5-6,8-9,11-13H2,1H3,(H3,19,20,21);1H. The Morgan fingerprint density at radius 3 is 2.96 bits per heavy atom. The number of aliphatic imine (C=N–C) groups is 1. The molecule has 1 heterocycles. The van der Waals surface area contributed by atoms with E-state index in [2.05, 4.69) is 28.2 Å². The van der Waals surface area contributed by atoms with Gasteiger partial charge in [0.05, 0.1) is 6.54 Å². The maximum atomic E-state index is 6.14. The number of aryl methyl sites for hydroxylation is 1. The van der Waals surface area contributed by atoms with Gasteiger partial charge in [-0.05, 0) is 50.4 Å². The highest BCUT2D eigenvalue weighted by atomic mass is 127. The van der Waals surface area contributed by atoms with Gasteiger partial charge in [0.15, 0.2) is 5.96 Å². The quantitative estimate of drug-likeness (QED) is 0.290. The Morgan fingerprint density at radius 2 is 2.22 bits per heavy atom. The molecule has 1 aromatic carbocycles. The van der Waals surface area contributed by atoms with Gasteiger partial charge in [-0.1, -0.05) is 36.7 Å². The summed E-state index contributed by atoms with van der Waals surface area (Å²) >= 11 is 6.14. The minimum absolute atomic E-state index is 0. The summed E-state index contributed by atoms with van der Waals surface area (Å²) in [6, 6.07) is 8.54. The third kappa shape index (κ3) is 6.85. The molecule has 2 rings (SSSR count). The first-order valence-electron chi connectivity index (χ1n) is 8.22. The molecule has 0 aliphatic carbocycles. The fraction of sp³-hybridized carbons (Fsp3) is 0.588. The minimum atomic E-state index is 0. The van der Waals surface area contributed by atoms with Crippen molar-refractivity contribution in [2.45, 2.75) is 38.6 Å². The molecule has 1 fully saturated rings. The van der Waals surface area contributed by atoms with Gasteiger partial charge < -0.3 is 11.1 Å². The van der Waals surface area contributed by atoms with Gasteiger partial charge in [0, 0.05) is 17.6 Å². The molecule has 23 heavy (non-hydrogen) atoms. The maximum absolute atomic E-state index is 6.14. The molecule has 0 saturated carbocycles. The van der Waals surface area contributed by atoms with Crippen LogP contribution in [0.25, 0.3) is 0 Å².